The second kappa shape index (κ2) is 6.12. The lowest BCUT2D eigenvalue weighted by Crippen LogP contribution is -2.40. The summed E-state index contributed by atoms with van der Waals surface area (Å²) in [4.78, 5) is 13.0. The number of nitrogens with zero attached hydrogens (tertiary/aromatic N) is 2. The number of hydrogen-bond donors (Lipinski definition) is 1. The SMILES string of the molecule is Cc1c(CN(C)C2CCNCC2)cccc1[N+](=O)[O-]. The minimum atomic E-state index is -0.302. The summed E-state index contributed by atoms with van der Waals surface area (Å²) in [5.41, 5.74) is 2.06. The summed E-state index contributed by atoms with van der Waals surface area (Å²) >= 11 is 0. The van der Waals surface area contributed by atoms with E-state index < -0.39 is 0 Å². The fraction of sp³-hybridized carbons (Fsp3) is 0.571. The van der Waals surface area contributed by atoms with Crippen LogP contribution in [0.2, 0.25) is 0 Å². The third kappa shape index (κ3) is 3.30. The van der Waals surface area contributed by atoms with E-state index in [2.05, 4.69) is 17.3 Å². The molecule has 0 spiro atoms. The van der Waals surface area contributed by atoms with Crippen LogP contribution in [0.25, 0.3) is 0 Å². The minimum absolute atomic E-state index is 0.219. The Bertz CT molecular complexity index is 456. The van der Waals surface area contributed by atoms with Crippen LogP contribution >= 0.6 is 0 Å². The van der Waals surface area contributed by atoms with Crippen LogP contribution in [0.5, 0.6) is 0 Å². The van der Waals surface area contributed by atoms with Gasteiger partial charge >= 0.3 is 0 Å². The molecule has 0 radical (unpaired) electrons. The topological polar surface area (TPSA) is 58.4 Å². The van der Waals surface area contributed by atoms with Crippen LogP contribution in [0.1, 0.15) is 24.0 Å². The maximum atomic E-state index is 10.9. The quantitative estimate of drug-likeness (QED) is 0.667. The maximum Gasteiger partial charge on any atom is 0.272 e. The van der Waals surface area contributed by atoms with E-state index in [1.54, 1.807) is 12.1 Å². The molecule has 5 nitrogen and oxygen atoms in total. The van der Waals surface area contributed by atoms with Crippen LogP contribution in [-0.4, -0.2) is 36.0 Å². The van der Waals surface area contributed by atoms with Gasteiger partial charge in [-0.3, -0.25) is 15.0 Å². The van der Waals surface area contributed by atoms with Crippen molar-refractivity contribution in [3.05, 3.63) is 39.4 Å². The average molecular weight is 263 g/mol. The predicted molar refractivity (Wildman–Crippen MR) is 75.2 cm³/mol. The summed E-state index contributed by atoms with van der Waals surface area (Å²) in [6.45, 7) is 4.73. The Morgan fingerprint density at radius 3 is 2.74 bits per heavy atom. The minimum Gasteiger partial charge on any atom is -0.317 e. The van der Waals surface area contributed by atoms with Crippen LogP contribution < -0.4 is 5.32 Å². The van der Waals surface area contributed by atoms with Crippen molar-refractivity contribution < 1.29 is 4.92 Å². The van der Waals surface area contributed by atoms with Gasteiger partial charge in [-0.25, -0.2) is 0 Å². The van der Waals surface area contributed by atoms with Crippen molar-refractivity contribution >= 4 is 5.69 Å². The molecule has 1 aromatic rings. The summed E-state index contributed by atoms with van der Waals surface area (Å²) in [5, 5.41) is 14.3. The molecule has 0 bridgehead atoms. The van der Waals surface area contributed by atoms with Gasteiger partial charge < -0.3 is 5.32 Å². The van der Waals surface area contributed by atoms with Crippen LogP contribution in [0.4, 0.5) is 5.69 Å². The molecule has 0 saturated carbocycles. The zero-order chi connectivity index (χ0) is 13.8. The normalized spacial score (nSPS) is 16.8. The molecule has 1 aliphatic rings. The Labute approximate surface area is 113 Å². The molecule has 5 heteroatoms. The monoisotopic (exact) mass is 263 g/mol. The first-order chi connectivity index (χ1) is 9.09. The van der Waals surface area contributed by atoms with Crippen molar-refractivity contribution in [3.8, 4) is 0 Å². The summed E-state index contributed by atoms with van der Waals surface area (Å²) in [6.07, 6.45) is 2.29. The van der Waals surface area contributed by atoms with Crippen molar-refractivity contribution in [2.24, 2.45) is 0 Å². The largest absolute Gasteiger partial charge is 0.317 e. The van der Waals surface area contributed by atoms with Crippen LogP contribution in [0, 0.1) is 17.0 Å². The highest BCUT2D eigenvalue weighted by Gasteiger charge is 2.20. The third-order valence-corrected chi connectivity index (χ3v) is 3.97. The highest BCUT2D eigenvalue weighted by Crippen LogP contribution is 2.23. The van der Waals surface area contributed by atoms with E-state index in [0.717, 1.165) is 43.6 Å². The zero-order valence-electron chi connectivity index (χ0n) is 11.6. The smallest absolute Gasteiger partial charge is 0.272 e. The van der Waals surface area contributed by atoms with Crippen LogP contribution in [-0.2, 0) is 6.54 Å². The van der Waals surface area contributed by atoms with Crippen LogP contribution in [0.3, 0.4) is 0 Å². The van der Waals surface area contributed by atoms with Crippen LogP contribution in [0.15, 0.2) is 18.2 Å². The Kier molecular flexibility index (Phi) is 4.50. The summed E-state index contributed by atoms with van der Waals surface area (Å²) < 4.78 is 0. The van der Waals surface area contributed by atoms with E-state index in [4.69, 9.17) is 0 Å². The number of rotatable bonds is 4. The fourth-order valence-electron chi connectivity index (χ4n) is 2.68. The van der Waals surface area contributed by atoms with Gasteiger partial charge in [-0.2, -0.15) is 0 Å². The number of nitro benzene ring substituents is 1. The summed E-state index contributed by atoms with van der Waals surface area (Å²) in [5.74, 6) is 0. The molecule has 1 N–H and O–H groups in total. The highest BCUT2D eigenvalue weighted by molar-refractivity contribution is 5.44. The van der Waals surface area contributed by atoms with E-state index in [-0.39, 0.29) is 10.6 Å². The van der Waals surface area contributed by atoms with Gasteiger partial charge in [-0.1, -0.05) is 12.1 Å². The van der Waals surface area contributed by atoms with Gasteiger partial charge in [0.25, 0.3) is 5.69 Å². The molecular weight excluding hydrogens is 242 g/mol. The zero-order valence-corrected chi connectivity index (χ0v) is 11.6. The molecule has 0 aliphatic carbocycles. The first-order valence-corrected chi connectivity index (χ1v) is 6.73. The molecule has 2 rings (SSSR count). The van der Waals surface area contributed by atoms with E-state index in [9.17, 15) is 10.1 Å². The number of nitrogens with one attached hydrogen (secondary N) is 1. The van der Waals surface area contributed by atoms with Gasteiger partial charge in [-0.05, 0) is 45.5 Å². The summed E-state index contributed by atoms with van der Waals surface area (Å²) in [7, 11) is 2.11. The molecule has 104 valence electrons. The van der Waals surface area contributed by atoms with Gasteiger partial charge in [0.1, 0.15) is 0 Å². The lowest BCUT2D eigenvalue weighted by Gasteiger charge is -2.31. The Morgan fingerprint density at radius 2 is 2.11 bits per heavy atom. The molecular formula is C14H21N3O2. The second-order valence-corrected chi connectivity index (χ2v) is 5.21. The number of nitro groups is 1. The molecule has 0 unspecified atom stereocenters. The molecule has 0 aromatic heterocycles. The van der Waals surface area contributed by atoms with Crippen molar-refractivity contribution in [1.82, 2.24) is 10.2 Å². The first kappa shape index (κ1) is 14.0. The van der Waals surface area contributed by atoms with E-state index in [0.29, 0.717) is 6.04 Å². The Balaban J connectivity index is 2.10. The van der Waals surface area contributed by atoms with E-state index in [1.165, 1.54) is 0 Å². The maximum absolute atomic E-state index is 10.9. The summed E-state index contributed by atoms with van der Waals surface area (Å²) in [6, 6.07) is 5.90. The van der Waals surface area contributed by atoms with E-state index >= 15 is 0 Å². The van der Waals surface area contributed by atoms with Crippen molar-refractivity contribution in [2.75, 3.05) is 20.1 Å². The van der Waals surface area contributed by atoms with E-state index in [1.807, 2.05) is 13.0 Å². The first-order valence-electron chi connectivity index (χ1n) is 6.73. The average Bonchev–Trinajstić information content (AvgIpc) is 2.41. The van der Waals surface area contributed by atoms with Gasteiger partial charge in [0.15, 0.2) is 0 Å². The van der Waals surface area contributed by atoms with Gasteiger partial charge in [0.2, 0.25) is 0 Å². The molecule has 1 fully saturated rings. The predicted octanol–water partition coefficient (Wildman–Crippen LogP) is 2.09. The molecule has 1 saturated heterocycles. The standard InChI is InChI=1S/C14H21N3O2/c1-11-12(4-3-5-14(11)17(18)19)10-16(2)13-6-8-15-9-7-13/h3-5,13,15H,6-10H2,1-2H3. The Hall–Kier alpha value is -1.46. The molecule has 0 atom stereocenters. The molecule has 19 heavy (non-hydrogen) atoms. The number of hydrogen-bond acceptors (Lipinski definition) is 4. The van der Waals surface area contributed by atoms with Crippen molar-refractivity contribution in [2.45, 2.75) is 32.4 Å². The number of piperidine rings is 1. The number of benzene rings is 1. The molecule has 1 heterocycles. The van der Waals surface area contributed by atoms with Gasteiger partial charge in [0, 0.05) is 24.2 Å². The lowest BCUT2D eigenvalue weighted by molar-refractivity contribution is -0.385. The highest BCUT2D eigenvalue weighted by atomic mass is 16.6. The third-order valence-electron chi connectivity index (χ3n) is 3.97. The van der Waals surface area contributed by atoms with Crippen molar-refractivity contribution in [3.63, 3.8) is 0 Å². The Morgan fingerprint density at radius 1 is 1.42 bits per heavy atom. The molecule has 1 aromatic carbocycles. The van der Waals surface area contributed by atoms with Gasteiger partial charge in [0.05, 0.1) is 4.92 Å². The molecule has 1 aliphatic heterocycles. The molecule has 0 amide bonds. The van der Waals surface area contributed by atoms with Crippen molar-refractivity contribution in [1.29, 1.82) is 0 Å². The lowest BCUT2D eigenvalue weighted by atomic mass is 10.0. The van der Waals surface area contributed by atoms with Gasteiger partial charge in [-0.15, -0.1) is 0 Å². The fourth-order valence-corrected chi connectivity index (χ4v) is 2.68. The second-order valence-electron chi connectivity index (χ2n) is 5.21.